The first-order chi connectivity index (χ1) is 9.49. The lowest BCUT2D eigenvalue weighted by atomic mass is 10.1. The van der Waals surface area contributed by atoms with Gasteiger partial charge < -0.3 is 5.32 Å². The van der Waals surface area contributed by atoms with E-state index >= 15 is 0 Å². The van der Waals surface area contributed by atoms with Crippen molar-refractivity contribution < 1.29 is 14.1 Å². The zero-order valence-corrected chi connectivity index (χ0v) is 11.4. The molecular weight excluding hydrogens is 333 g/mol. The van der Waals surface area contributed by atoms with Crippen molar-refractivity contribution in [1.82, 2.24) is 4.98 Å². The highest BCUT2D eigenvalue weighted by atomic mass is 79.9. The molecule has 1 aromatic heterocycles. The van der Waals surface area contributed by atoms with E-state index in [1.807, 2.05) is 0 Å². The van der Waals surface area contributed by atoms with Gasteiger partial charge >= 0.3 is 0 Å². The number of pyridine rings is 1. The van der Waals surface area contributed by atoms with Gasteiger partial charge in [0.05, 0.1) is 10.6 Å². The van der Waals surface area contributed by atoms with Crippen LogP contribution in [0.3, 0.4) is 0 Å². The Labute approximate surface area is 120 Å². The van der Waals surface area contributed by atoms with Crippen molar-refractivity contribution >= 4 is 33.2 Å². The molecule has 0 aliphatic rings. The highest BCUT2D eigenvalue weighted by Gasteiger charge is 2.21. The average Bonchev–Trinajstić information content (AvgIpc) is 2.40. The number of amides is 1. The van der Waals surface area contributed by atoms with Crippen LogP contribution in [0.4, 0.5) is 15.8 Å². The number of benzene rings is 1. The second-order valence-electron chi connectivity index (χ2n) is 3.71. The van der Waals surface area contributed by atoms with Gasteiger partial charge in [-0.05, 0) is 40.2 Å². The van der Waals surface area contributed by atoms with Crippen molar-refractivity contribution in [2.45, 2.75) is 0 Å². The van der Waals surface area contributed by atoms with Crippen molar-refractivity contribution in [3.8, 4) is 0 Å². The van der Waals surface area contributed by atoms with Crippen molar-refractivity contribution in [3.05, 3.63) is 62.6 Å². The molecular formula is C12H7BrFN3O3. The number of hydrogen-bond donors (Lipinski definition) is 1. The van der Waals surface area contributed by atoms with E-state index in [0.29, 0.717) is 10.3 Å². The van der Waals surface area contributed by atoms with Crippen LogP contribution in [0.2, 0.25) is 0 Å². The van der Waals surface area contributed by atoms with Gasteiger partial charge in [-0.1, -0.05) is 0 Å². The Kier molecular flexibility index (Phi) is 4.04. The highest BCUT2D eigenvalue weighted by molar-refractivity contribution is 9.10. The Bertz CT molecular complexity index is 693. The molecule has 102 valence electrons. The van der Waals surface area contributed by atoms with Gasteiger partial charge in [0.2, 0.25) is 0 Å². The van der Waals surface area contributed by atoms with E-state index in [1.54, 1.807) is 12.1 Å². The van der Waals surface area contributed by atoms with Gasteiger partial charge in [0.1, 0.15) is 16.0 Å². The minimum atomic E-state index is -0.787. The summed E-state index contributed by atoms with van der Waals surface area (Å²) in [6, 6.07) is 5.83. The Morgan fingerprint density at radius 3 is 2.80 bits per heavy atom. The van der Waals surface area contributed by atoms with Gasteiger partial charge in [0.15, 0.2) is 0 Å². The molecule has 1 aromatic carbocycles. The molecule has 2 aromatic rings. The van der Waals surface area contributed by atoms with E-state index in [2.05, 4.69) is 26.2 Å². The molecule has 1 N–H and O–H groups in total. The summed E-state index contributed by atoms with van der Waals surface area (Å²) < 4.78 is 13.5. The second-order valence-corrected chi connectivity index (χ2v) is 4.47. The molecule has 0 saturated heterocycles. The summed E-state index contributed by atoms with van der Waals surface area (Å²) in [7, 11) is 0. The molecule has 0 atom stereocenters. The summed E-state index contributed by atoms with van der Waals surface area (Å²) in [5.74, 6) is -1.52. The highest BCUT2D eigenvalue weighted by Crippen LogP contribution is 2.23. The molecule has 6 nitrogen and oxygen atoms in total. The van der Waals surface area contributed by atoms with Gasteiger partial charge in [-0.3, -0.25) is 14.9 Å². The zero-order valence-electron chi connectivity index (χ0n) is 9.84. The van der Waals surface area contributed by atoms with Crippen LogP contribution in [0.5, 0.6) is 0 Å². The van der Waals surface area contributed by atoms with Crippen LogP contribution in [0.15, 0.2) is 41.1 Å². The van der Waals surface area contributed by atoms with Crippen LogP contribution >= 0.6 is 15.9 Å². The molecule has 8 heteroatoms. The number of nitro groups is 1. The summed E-state index contributed by atoms with van der Waals surface area (Å²) in [6.45, 7) is 0. The fraction of sp³-hybridized carbons (Fsp3) is 0. The van der Waals surface area contributed by atoms with Crippen LogP contribution in [-0.2, 0) is 0 Å². The van der Waals surface area contributed by atoms with Crippen LogP contribution in [0, 0.1) is 15.9 Å². The van der Waals surface area contributed by atoms with Crippen LogP contribution in [0.1, 0.15) is 10.4 Å². The first kappa shape index (κ1) is 14.1. The molecule has 0 fully saturated rings. The first-order valence-corrected chi connectivity index (χ1v) is 6.14. The van der Waals surface area contributed by atoms with Crippen molar-refractivity contribution in [3.63, 3.8) is 0 Å². The number of carbonyl (C=O) groups excluding carboxylic acids is 1. The lowest BCUT2D eigenvalue weighted by Crippen LogP contribution is -2.14. The largest absolute Gasteiger partial charge is 0.319 e. The normalized spacial score (nSPS) is 10.1. The summed E-state index contributed by atoms with van der Waals surface area (Å²) in [5.41, 5.74) is -0.495. The SMILES string of the molecule is O=C(Nc1cccnc1Br)c1cc(F)ccc1[N+](=O)[O-]. The molecule has 20 heavy (non-hydrogen) atoms. The van der Waals surface area contributed by atoms with Gasteiger partial charge in [0.25, 0.3) is 11.6 Å². The number of halogens is 2. The molecule has 1 heterocycles. The monoisotopic (exact) mass is 339 g/mol. The third kappa shape index (κ3) is 2.97. The van der Waals surface area contributed by atoms with Crippen LogP contribution in [-0.4, -0.2) is 15.8 Å². The minimum Gasteiger partial charge on any atom is -0.319 e. The number of nitro benzene ring substituents is 1. The Morgan fingerprint density at radius 1 is 1.40 bits per heavy atom. The zero-order chi connectivity index (χ0) is 14.7. The third-order valence-corrected chi connectivity index (χ3v) is 3.04. The van der Waals surface area contributed by atoms with Gasteiger partial charge in [-0.2, -0.15) is 0 Å². The van der Waals surface area contributed by atoms with Crippen molar-refractivity contribution in [2.24, 2.45) is 0 Å². The number of carbonyl (C=O) groups is 1. The second kappa shape index (κ2) is 5.74. The average molecular weight is 340 g/mol. The molecule has 0 aliphatic carbocycles. The fourth-order valence-corrected chi connectivity index (χ4v) is 1.87. The molecule has 2 rings (SSSR count). The number of nitrogens with zero attached hydrogens (tertiary/aromatic N) is 2. The molecule has 0 bridgehead atoms. The van der Waals surface area contributed by atoms with Gasteiger partial charge in [-0.15, -0.1) is 0 Å². The van der Waals surface area contributed by atoms with Gasteiger partial charge in [0, 0.05) is 12.3 Å². The van der Waals surface area contributed by atoms with E-state index in [-0.39, 0.29) is 5.56 Å². The quantitative estimate of drug-likeness (QED) is 0.528. The Hall–Kier alpha value is -2.35. The van der Waals surface area contributed by atoms with E-state index < -0.39 is 22.3 Å². The Balaban J connectivity index is 2.37. The first-order valence-electron chi connectivity index (χ1n) is 5.35. The molecule has 0 aliphatic heterocycles. The van der Waals surface area contributed by atoms with Crippen molar-refractivity contribution in [1.29, 1.82) is 0 Å². The van der Waals surface area contributed by atoms with Crippen LogP contribution in [0.25, 0.3) is 0 Å². The molecule has 1 amide bonds. The molecule has 0 spiro atoms. The topological polar surface area (TPSA) is 85.1 Å². The van der Waals surface area contributed by atoms with Crippen molar-refractivity contribution in [2.75, 3.05) is 5.32 Å². The van der Waals surface area contributed by atoms with E-state index in [4.69, 9.17) is 0 Å². The number of hydrogen-bond acceptors (Lipinski definition) is 4. The number of anilines is 1. The summed E-state index contributed by atoms with van der Waals surface area (Å²) in [6.07, 6.45) is 1.50. The fourth-order valence-electron chi connectivity index (χ4n) is 1.52. The molecule has 0 unspecified atom stereocenters. The summed E-state index contributed by atoms with van der Waals surface area (Å²) >= 11 is 3.13. The maximum atomic E-state index is 13.2. The third-order valence-electron chi connectivity index (χ3n) is 2.41. The predicted molar refractivity (Wildman–Crippen MR) is 72.9 cm³/mol. The predicted octanol–water partition coefficient (Wildman–Crippen LogP) is 3.14. The lowest BCUT2D eigenvalue weighted by Gasteiger charge is -2.07. The molecule has 0 saturated carbocycles. The molecule has 0 radical (unpaired) electrons. The van der Waals surface area contributed by atoms with E-state index in [1.165, 1.54) is 6.20 Å². The van der Waals surface area contributed by atoms with Crippen LogP contribution < -0.4 is 5.32 Å². The number of nitrogens with one attached hydrogen (secondary N) is 1. The maximum absolute atomic E-state index is 13.2. The number of rotatable bonds is 3. The summed E-state index contributed by atoms with van der Waals surface area (Å²) in [4.78, 5) is 26.0. The van der Waals surface area contributed by atoms with Gasteiger partial charge in [-0.25, -0.2) is 9.37 Å². The standard InChI is InChI=1S/C12H7BrFN3O3/c13-11-9(2-1-5-15-11)16-12(18)8-6-7(14)3-4-10(8)17(19)20/h1-6H,(H,16,18). The lowest BCUT2D eigenvalue weighted by molar-refractivity contribution is -0.385. The Morgan fingerprint density at radius 2 is 2.15 bits per heavy atom. The van der Waals surface area contributed by atoms with E-state index in [9.17, 15) is 19.3 Å². The smallest absolute Gasteiger partial charge is 0.282 e. The maximum Gasteiger partial charge on any atom is 0.282 e. The number of aromatic nitrogens is 1. The van der Waals surface area contributed by atoms with E-state index in [0.717, 1.165) is 18.2 Å². The minimum absolute atomic E-state index is 0.330. The summed E-state index contributed by atoms with van der Waals surface area (Å²) in [5, 5.41) is 13.3.